The highest BCUT2D eigenvalue weighted by Crippen LogP contribution is 2.23. The number of halogens is 2. The third-order valence-corrected chi connectivity index (χ3v) is 5.75. The quantitative estimate of drug-likeness (QED) is 0.123. The molecule has 1 unspecified atom stereocenters. The fourth-order valence-electron chi connectivity index (χ4n) is 2.94. The molecule has 1 rings (SSSR count). The van der Waals surface area contributed by atoms with E-state index in [4.69, 9.17) is 18.9 Å². The van der Waals surface area contributed by atoms with E-state index in [1.54, 1.807) is 0 Å². The van der Waals surface area contributed by atoms with Crippen molar-refractivity contribution in [2.45, 2.75) is 96.1 Å². The molecule has 0 aliphatic carbocycles. The van der Waals surface area contributed by atoms with Crippen molar-refractivity contribution in [1.29, 1.82) is 0 Å². The molecular formula is C21H34Br2O7. The van der Waals surface area contributed by atoms with Crippen molar-refractivity contribution in [3.8, 4) is 0 Å². The van der Waals surface area contributed by atoms with E-state index in [1.165, 1.54) is 0 Å². The summed E-state index contributed by atoms with van der Waals surface area (Å²) >= 11 is 6.66. The van der Waals surface area contributed by atoms with Gasteiger partial charge in [0.2, 0.25) is 6.29 Å². The van der Waals surface area contributed by atoms with Crippen molar-refractivity contribution < 1.29 is 33.3 Å². The SMILES string of the molecule is CCCCCC(=O)O[C@H]1CC(OC(=O)CCCCBr)OC[C@H]1OC(=O)CCCCBr. The molecule has 1 fully saturated rings. The third kappa shape index (κ3) is 12.2. The Kier molecular flexibility index (Phi) is 15.5. The van der Waals surface area contributed by atoms with E-state index in [9.17, 15) is 14.4 Å². The van der Waals surface area contributed by atoms with Gasteiger partial charge in [0.15, 0.2) is 6.10 Å². The van der Waals surface area contributed by atoms with Gasteiger partial charge in [-0.3, -0.25) is 14.4 Å². The van der Waals surface area contributed by atoms with E-state index in [0.717, 1.165) is 49.2 Å². The van der Waals surface area contributed by atoms with Crippen LogP contribution in [0.5, 0.6) is 0 Å². The Balaban J connectivity index is 2.60. The van der Waals surface area contributed by atoms with Gasteiger partial charge in [0.05, 0.1) is 13.0 Å². The Hall–Kier alpha value is -0.670. The lowest BCUT2D eigenvalue weighted by Gasteiger charge is -2.34. The standard InChI is InChI=1S/C21H34Br2O7/c1-2-3-4-9-18(24)28-16-14-21(30-20(26)11-6-8-13-23)27-15-17(16)29-19(25)10-5-7-12-22/h16-17,21H,2-15H2,1H3/t16-,17+,21?/m0/s1. The van der Waals surface area contributed by atoms with Gasteiger partial charge >= 0.3 is 17.9 Å². The number of ether oxygens (including phenoxy) is 4. The summed E-state index contributed by atoms with van der Waals surface area (Å²) in [6.45, 7) is 2.09. The van der Waals surface area contributed by atoms with Crippen LogP contribution in [0, 0.1) is 0 Å². The molecule has 3 atom stereocenters. The van der Waals surface area contributed by atoms with E-state index < -0.39 is 18.5 Å². The summed E-state index contributed by atoms with van der Waals surface area (Å²) in [5.41, 5.74) is 0. The Morgan fingerprint density at radius 2 is 1.27 bits per heavy atom. The predicted molar refractivity (Wildman–Crippen MR) is 120 cm³/mol. The van der Waals surface area contributed by atoms with Crippen LogP contribution in [0.3, 0.4) is 0 Å². The zero-order valence-corrected chi connectivity index (χ0v) is 20.9. The second-order valence-electron chi connectivity index (χ2n) is 7.29. The number of hydrogen-bond donors (Lipinski definition) is 0. The maximum Gasteiger partial charge on any atom is 0.308 e. The van der Waals surface area contributed by atoms with E-state index in [2.05, 4.69) is 38.8 Å². The second-order valence-corrected chi connectivity index (χ2v) is 8.88. The molecule has 0 radical (unpaired) electrons. The maximum absolute atomic E-state index is 12.2. The molecule has 1 aliphatic heterocycles. The van der Waals surface area contributed by atoms with Gasteiger partial charge in [0, 0.05) is 29.9 Å². The summed E-state index contributed by atoms with van der Waals surface area (Å²) < 4.78 is 22.0. The summed E-state index contributed by atoms with van der Waals surface area (Å²) in [6.07, 6.45) is 4.78. The Morgan fingerprint density at radius 3 is 1.80 bits per heavy atom. The minimum atomic E-state index is -0.807. The van der Waals surface area contributed by atoms with Crippen LogP contribution < -0.4 is 0 Å². The molecule has 0 amide bonds. The van der Waals surface area contributed by atoms with Crippen molar-refractivity contribution in [1.82, 2.24) is 0 Å². The first-order valence-corrected chi connectivity index (χ1v) is 13.1. The first kappa shape index (κ1) is 27.4. The van der Waals surface area contributed by atoms with Gasteiger partial charge in [-0.1, -0.05) is 51.6 Å². The Bertz CT molecular complexity index is 516. The van der Waals surface area contributed by atoms with Crippen molar-refractivity contribution in [2.24, 2.45) is 0 Å². The van der Waals surface area contributed by atoms with Crippen LogP contribution in [-0.4, -0.2) is 53.7 Å². The van der Waals surface area contributed by atoms with Gasteiger partial charge in [-0.2, -0.15) is 0 Å². The fraction of sp³-hybridized carbons (Fsp3) is 0.857. The molecule has 30 heavy (non-hydrogen) atoms. The average Bonchev–Trinajstić information content (AvgIpc) is 2.70. The minimum Gasteiger partial charge on any atom is -0.458 e. The zero-order valence-electron chi connectivity index (χ0n) is 17.7. The summed E-state index contributed by atoms with van der Waals surface area (Å²) in [7, 11) is 0. The van der Waals surface area contributed by atoms with Gasteiger partial charge in [-0.05, 0) is 32.1 Å². The molecule has 0 spiro atoms. The average molecular weight is 558 g/mol. The molecule has 0 aromatic heterocycles. The van der Waals surface area contributed by atoms with Gasteiger partial charge in [-0.25, -0.2) is 0 Å². The molecule has 1 saturated heterocycles. The molecule has 174 valence electrons. The molecule has 0 aromatic carbocycles. The molecule has 7 nitrogen and oxygen atoms in total. The molecule has 0 bridgehead atoms. The molecule has 0 aromatic rings. The molecule has 1 aliphatic rings. The predicted octanol–water partition coefficient (Wildman–Crippen LogP) is 4.81. The van der Waals surface area contributed by atoms with Gasteiger partial charge in [0.1, 0.15) is 6.10 Å². The number of hydrogen-bond acceptors (Lipinski definition) is 7. The van der Waals surface area contributed by atoms with Crippen LogP contribution in [0.25, 0.3) is 0 Å². The van der Waals surface area contributed by atoms with Crippen LogP contribution in [0.2, 0.25) is 0 Å². The van der Waals surface area contributed by atoms with Crippen molar-refractivity contribution >= 4 is 49.8 Å². The van der Waals surface area contributed by atoms with Gasteiger partial charge in [-0.15, -0.1) is 0 Å². The third-order valence-electron chi connectivity index (χ3n) is 4.63. The number of alkyl halides is 2. The van der Waals surface area contributed by atoms with E-state index in [0.29, 0.717) is 25.7 Å². The molecule has 9 heteroatoms. The lowest BCUT2D eigenvalue weighted by atomic mass is 10.1. The zero-order chi connectivity index (χ0) is 22.2. The van der Waals surface area contributed by atoms with Crippen molar-refractivity contribution in [3.05, 3.63) is 0 Å². The second kappa shape index (κ2) is 17.0. The highest BCUT2D eigenvalue weighted by molar-refractivity contribution is 9.09. The highest BCUT2D eigenvalue weighted by Gasteiger charge is 2.38. The first-order chi connectivity index (χ1) is 14.5. The van der Waals surface area contributed by atoms with E-state index >= 15 is 0 Å². The highest BCUT2D eigenvalue weighted by atomic mass is 79.9. The van der Waals surface area contributed by atoms with Crippen LogP contribution in [0.15, 0.2) is 0 Å². The van der Waals surface area contributed by atoms with E-state index in [1.807, 2.05) is 0 Å². The minimum absolute atomic E-state index is 0.0242. The lowest BCUT2D eigenvalue weighted by Crippen LogP contribution is -2.47. The summed E-state index contributed by atoms with van der Waals surface area (Å²) in [5, 5.41) is 1.66. The van der Waals surface area contributed by atoms with E-state index in [-0.39, 0.29) is 30.9 Å². The first-order valence-electron chi connectivity index (χ1n) is 10.8. The van der Waals surface area contributed by atoms with Crippen LogP contribution >= 0.6 is 31.9 Å². The number of unbranched alkanes of at least 4 members (excludes halogenated alkanes) is 4. The van der Waals surface area contributed by atoms with Crippen LogP contribution in [-0.2, 0) is 33.3 Å². The molecule has 0 N–H and O–H groups in total. The Morgan fingerprint density at radius 1 is 0.767 bits per heavy atom. The lowest BCUT2D eigenvalue weighted by molar-refractivity contribution is -0.230. The topological polar surface area (TPSA) is 88.1 Å². The van der Waals surface area contributed by atoms with Crippen molar-refractivity contribution in [2.75, 3.05) is 17.3 Å². The molecule has 0 saturated carbocycles. The number of rotatable bonds is 15. The maximum atomic E-state index is 12.2. The monoisotopic (exact) mass is 556 g/mol. The van der Waals surface area contributed by atoms with Gasteiger partial charge < -0.3 is 18.9 Å². The molecular weight excluding hydrogens is 524 g/mol. The number of esters is 3. The normalized spacial score (nSPS) is 21.1. The number of carbonyl (C=O) groups excluding carboxylic acids is 3. The van der Waals surface area contributed by atoms with Crippen molar-refractivity contribution in [3.63, 3.8) is 0 Å². The van der Waals surface area contributed by atoms with Gasteiger partial charge in [0.25, 0.3) is 0 Å². The van der Waals surface area contributed by atoms with Crippen LogP contribution in [0.4, 0.5) is 0 Å². The Labute approximate surface area is 196 Å². The summed E-state index contributed by atoms with van der Waals surface area (Å²) in [4.78, 5) is 36.3. The molecule has 1 heterocycles. The number of carbonyl (C=O) groups is 3. The smallest absolute Gasteiger partial charge is 0.308 e. The fourth-order valence-corrected chi connectivity index (χ4v) is 3.74. The van der Waals surface area contributed by atoms with Crippen LogP contribution in [0.1, 0.15) is 77.6 Å². The summed E-state index contributed by atoms with van der Waals surface area (Å²) in [5.74, 6) is -1.03. The largest absolute Gasteiger partial charge is 0.458 e. The summed E-state index contributed by atoms with van der Waals surface area (Å²) in [6, 6.07) is 0.